The number of carbonyl (C=O) groups is 1. The van der Waals surface area contributed by atoms with Crippen LogP contribution < -0.4 is 10.6 Å². The van der Waals surface area contributed by atoms with Gasteiger partial charge < -0.3 is 10.6 Å². The molecule has 0 saturated carbocycles. The number of anilines is 1. The van der Waals surface area contributed by atoms with Crippen LogP contribution in [0.4, 0.5) is 14.5 Å². The number of benzene rings is 3. The molecule has 1 atom stereocenters. The van der Waals surface area contributed by atoms with Crippen LogP contribution in [0.2, 0.25) is 0 Å². The maximum atomic E-state index is 13.8. The van der Waals surface area contributed by atoms with Gasteiger partial charge in [0, 0.05) is 12.2 Å². The number of halogens is 2. The van der Waals surface area contributed by atoms with Crippen molar-refractivity contribution in [2.24, 2.45) is 0 Å². The summed E-state index contributed by atoms with van der Waals surface area (Å²) in [6.45, 7) is 0.428. The van der Waals surface area contributed by atoms with Crippen LogP contribution in [-0.4, -0.2) is 12.5 Å². The van der Waals surface area contributed by atoms with Crippen LogP contribution in [0.3, 0.4) is 0 Å². The summed E-state index contributed by atoms with van der Waals surface area (Å²) >= 11 is 0. The third-order valence-corrected chi connectivity index (χ3v) is 4.21. The van der Waals surface area contributed by atoms with E-state index in [-0.39, 0.29) is 17.5 Å². The van der Waals surface area contributed by atoms with E-state index in [0.717, 1.165) is 5.56 Å². The first-order chi connectivity index (χ1) is 13.1. The van der Waals surface area contributed by atoms with E-state index in [9.17, 15) is 13.6 Å². The lowest BCUT2D eigenvalue weighted by molar-refractivity contribution is -0.118. The highest BCUT2D eigenvalue weighted by atomic mass is 19.1. The fourth-order valence-electron chi connectivity index (χ4n) is 2.81. The topological polar surface area (TPSA) is 41.1 Å². The van der Waals surface area contributed by atoms with Crippen molar-refractivity contribution in [2.75, 3.05) is 11.9 Å². The summed E-state index contributed by atoms with van der Waals surface area (Å²) in [6, 6.07) is 20.9. The Morgan fingerprint density at radius 2 is 1.52 bits per heavy atom. The Balaban J connectivity index is 1.70. The zero-order chi connectivity index (χ0) is 19.1. The number of hydrogen-bond donors (Lipinski definition) is 2. The molecule has 0 saturated heterocycles. The molecule has 0 radical (unpaired) electrons. The molecule has 0 aliphatic heterocycles. The second-order valence-corrected chi connectivity index (χ2v) is 6.14. The van der Waals surface area contributed by atoms with Gasteiger partial charge in [-0.1, -0.05) is 48.5 Å². The van der Waals surface area contributed by atoms with Gasteiger partial charge in [-0.2, -0.15) is 0 Å². The van der Waals surface area contributed by atoms with Crippen molar-refractivity contribution >= 4 is 11.6 Å². The molecule has 3 rings (SSSR count). The highest BCUT2D eigenvalue weighted by molar-refractivity contribution is 5.95. The first-order valence-electron chi connectivity index (χ1n) is 8.71. The second-order valence-electron chi connectivity index (χ2n) is 6.14. The molecule has 0 fully saturated rings. The van der Waals surface area contributed by atoms with E-state index < -0.39 is 6.04 Å². The summed E-state index contributed by atoms with van der Waals surface area (Å²) in [4.78, 5) is 12.8. The van der Waals surface area contributed by atoms with Crippen molar-refractivity contribution in [3.63, 3.8) is 0 Å². The predicted octanol–water partition coefficient (Wildman–Crippen LogP) is 4.48. The molecule has 0 aromatic heterocycles. The summed E-state index contributed by atoms with van der Waals surface area (Å²) in [5.41, 5.74) is 1.90. The Morgan fingerprint density at radius 3 is 2.22 bits per heavy atom. The second kappa shape index (κ2) is 9.05. The Labute approximate surface area is 157 Å². The van der Waals surface area contributed by atoms with Crippen molar-refractivity contribution in [1.29, 1.82) is 0 Å². The monoisotopic (exact) mass is 366 g/mol. The lowest BCUT2D eigenvalue weighted by Crippen LogP contribution is -2.34. The van der Waals surface area contributed by atoms with Gasteiger partial charge in [0.25, 0.3) is 0 Å². The van der Waals surface area contributed by atoms with E-state index >= 15 is 0 Å². The Morgan fingerprint density at radius 1 is 0.852 bits per heavy atom. The van der Waals surface area contributed by atoms with E-state index in [2.05, 4.69) is 10.6 Å². The van der Waals surface area contributed by atoms with Crippen molar-refractivity contribution in [2.45, 2.75) is 12.5 Å². The first-order valence-corrected chi connectivity index (χ1v) is 8.71. The summed E-state index contributed by atoms with van der Waals surface area (Å²) in [6.07, 6.45) is 0.458. The lowest BCUT2D eigenvalue weighted by Gasteiger charge is -2.19. The molecular weight excluding hydrogens is 346 g/mol. The molecule has 3 aromatic carbocycles. The Hall–Kier alpha value is -3.05. The third kappa shape index (κ3) is 5.21. The highest BCUT2D eigenvalue weighted by Gasteiger charge is 2.20. The van der Waals surface area contributed by atoms with Crippen LogP contribution in [0.5, 0.6) is 0 Å². The molecule has 1 amide bonds. The van der Waals surface area contributed by atoms with E-state index in [4.69, 9.17) is 0 Å². The van der Waals surface area contributed by atoms with Crippen molar-refractivity contribution in [3.05, 3.63) is 102 Å². The normalized spacial score (nSPS) is 11.8. The molecule has 3 nitrogen and oxygen atoms in total. The summed E-state index contributed by atoms with van der Waals surface area (Å²) in [5.74, 6) is -0.886. The van der Waals surface area contributed by atoms with Gasteiger partial charge in [-0.15, -0.1) is 0 Å². The van der Waals surface area contributed by atoms with Crippen molar-refractivity contribution in [1.82, 2.24) is 5.32 Å². The number of carbonyl (C=O) groups excluding carboxylic acids is 1. The van der Waals surface area contributed by atoms with Gasteiger partial charge in [0.2, 0.25) is 5.91 Å². The van der Waals surface area contributed by atoms with Crippen LogP contribution in [0.1, 0.15) is 17.2 Å². The minimum absolute atomic E-state index is 0.258. The smallest absolute Gasteiger partial charge is 0.246 e. The molecule has 0 aliphatic rings. The number of amides is 1. The maximum Gasteiger partial charge on any atom is 0.246 e. The van der Waals surface area contributed by atoms with Crippen LogP contribution in [0.25, 0.3) is 0 Å². The molecular formula is C22H20F2N2O. The van der Waals surface area contributed by atoms with Crippen molar-refractivity contribution in [3.8, 4) is 0 Å². The average Bonchev–Trinajstić information content (AvgIpc) is 2.69. The number of nitrogens with one attached hydrogen (secondary N) is 2. The quantitative estimate of drug-likeness (QED) is 0.647. The van der Waals surface area contributed by atoms with E-state index in [1.807, 2.05) is 30.3 Å². The van der Waals surface area contributed by atoms with E-state index in [0.29, 0.717) is 24.2 Å². The van der Waals surface area contributed by atoms with Gasteiger partial charge >= 0.3 is 0 Å². The average molecular weight is 366 g/mol. The molecule has 0 aliphatic carbocycles. The van der Waals surface area contributed by atoms with Crippen molar-refractivity contribution < 1.29 is 13.6 Å². The molecule has 138 valence electrons. The highest BCUT2D eigenvalue weighted by Crippen LogP contribution is 2.17. The van der Waals surface area contributed by atoms with Crippen LogP contribution in [0, 0.1) is 11.6 Å². The molecule has 0 heterocycles. The molecule has 3 aromatic rings. The standard InChI is InChI=1S/C22H20F2N2O/c23-18-10-12-19(13-11-18)26-22(27)21(17-7-2-1-3-8-17)25-15-14-16-6-4-5-9-20(16)24/h1-13,21,25H,14-15H2,(H,26,27)/t21-/m0/s1. The molecule has 0 spiro atoms. The first kappa shape index (κ1) is 18.7. The largest absolute Gasteiger partial charge is 0.324 e. The van der Waals surface area contributed by atoms with Gasteiger partial charge in [0.15, 0.2) is 0 Å². The van der Waals surface area contributed by atoms with Crippen LogP contribution in [-0.2, 0) is 11.2 Å². The number of hydrogen-bond acceptors (Lipinski definition) is 2. The summed E-state index contributed by atoms with van der Waals surface area (Å²) < 4.78 is 26.8. The Kier molecular flexibility index (Phi) is 6.28. The Bertz CT molecular complexity index is 882. The predicted molar refractivity (Wildman–Crippen MR) is 102 cm³/mol. The SMILES string of the molecule is O=C(Nc1ccc(F)cc1)[C@@H](NCCc1ccccc1F)c1ccccc1. The zero-order valence-corrected chi connectivity index (χ0v) is 14.7. The third-order valence-electron chi connectivity index (χ3n) is 4.21. The molecule has 0 unspecified atom stereocenters. The molecule has 2 N–H and O–H groups in total. The van der Waals surface area contributed by atoms with Gasteiger partial charge in [-0.3, -0.25) is 4.79 Å². The van der Waals surface area contributed by atoms with Gasteiger partial charge in [-0.05, 0) is 47.9 Å². The van der Waals surface area contributed by atoms with Crippen LogP contribution >= 0.6 is 0 Å². The summed E-state index contributed by atoms with van der Waals surface area (Å²) in [5, 5.41) is 5.98. The minimum Gasteiger partial charge on any atom is -0.324 e. The fraction of sp³-hybridized carbons (Fsp3) is 0.136. The van der Waals surface area contributed by atoms with Gasteiger partial charge in [0.1, 0.15) is 17.7 Å². The molecule has 5 heteroatoms. The van der Waals surface area contributed by atoms with E-state index in [1.165, 1.54) is 30.3 Å². The van der Waals surface area contributed by atoms with E-state index in [1.54, 1.807) is 18.2 Å². The minimum atomic E-state index is -0.608. The number of rotatable bonds is 7. The van der Waals surface area contributed by atoms with Gasteiger partial charge in [-0.25, -0.2) is 8.78 Å². The maximum absolute atomic E-state index is 13.8. The van der Waals surface area contributed by atoms with Gasteiger partial charge in [0.05, 0.1) is 0 Å². The fourth-order valence-corrected chi connectivity index (χ4v) is 2.81. The molecule has 0 bridgehead atoms. The van der Waals surface area contributed by atoms with Crippen LogP contribution in [0.15, 0.2) is 78.9 Å². The molecule has 27 heavy (non-hydrogen) atoms. The zero-order valence-electron chi connectivity index (χ0n) is 14.7. The summed E-state index contributed by atoms with van der Waals surface area (Å²) in [7, 11) is 0. The lowest BCUT2D eigenvalue weighted by atomic mass is 10.1.